The van der Waals surface area contributed by atoms with Crippen molar-refractivity contribution in [3.05, 3.63) is 41.7 Å². The highest BCUT2D eigenvalue weighted by Crippen LogP contribution is 2.45. The summed E-state index contributed by atoms with van der Waals surface area (Å²) < 4.78 is 17.8. The van der Waals surface area contributed by atoms with Gasteiger partial charge in [0.25, 0.3) is 12.4 Å². The highest BCUT2D eigenvalue weighted by atomic mass is 19.1. The van der Waals surface area contributed by atoms with E-state index >= 15 is 0 Å². The van der Waals surface area contributed by atoms with Crippen molar-refractivity contribution in [2.24, 2.45) is 11.8 Å². The first-order valence-corrected chi connectivity index (χ1v) is 6.55. The average Bonchev–Trinajstić information content (AvgIpc) is 3.01. The Hall–Kier alpha value is -2.17. The van der Waals surface area contributed by atoms with Crippen molar-refractivity contribution < 1.29 is 18.7 Å². The molecule has 3 unspecified atom stereocenters. The lowest BCUT2D eigenvalue weighted by Gasteiger charge is -2.21. The van der Waals surface area contributed by atoms with E-state index in [1.165, 1.54) is 24.3 Å². The van der Waals surface area contributed by atoms with Gasteiger partial charge in [-0.1, -0.05) is 6.08 Å². The Labute approximate surface area is 115 Å². The third-order valence-corrected chi connectivity index (χ3v) is 3.95. The summed E-state index contributed by atoms with van der Waals surface area (Å²) in [5.41, 5.74) is 1.21. The van der Waals surface area contributed by atoms with Gasteiger partial charge in [0.1, 0.15) is 11.9 Å². The second-order valence-corrected chi connectivity index (χ2v) is 5.19. The lowest BCUT2D eigenvalue weighted by atomic mass is 9.95. The maximum absolute atomic E-state index is 12.8. The van der Waals surface area contributed by atoms with Crippen LogP contribution in [0.2, 0.25) is 0 Å². The SMILES string of the molecule is O=COC1CC2C=C(C(=O)Nc3ccc(F)cc3)C1C2. The van der Waals surface area contributed by atoms with E-state index in [2.05, 4.69) is 5.32 Å². The zero-order valence-corrected chi connectivity index (χ0v) is 10.7. The number of carbonyl (C=O) groups is 2. The molecule has 0 saturated heterocycles. The molecule has 1 saturated carbocycles. The molecular weight excluding hydrogens is 261 g/mol. The molecule has 2 aliphatic carbocycles. The van der Waals surface area contributed by atoms with Gasteiger partial charge in [-0.25, -0.2) is 4.39 Å². The van der Waals surface area contributed by atoms with Crippen molar-refractivity contribution in [2.75, 3.05) is 5.32 Å². The maximum Gasteiger partial charge on any atom is 0.293 e. The van der Waals surface area contributed by atoms with Crippen LogP contribution in [0.25, 0.3) is 0 Å². The first kappa shape index (κ1) is 12.8. The summed E-state index contributed by atoms with van der Waals surface area (Å²) >= 11 is 0. The fourth-order valence-corrected chi connectivity index (χ4v) is 3.08. The molecule has 1 N–H and O–H groups in total. The predicted octanol–water partition coefficient (Wildman–Crippen LogP) is 2.27. The van der Waals surface area contributed by atoms with Gasteiger partial charge in [-0.2, -0.15) is 0 Å². The number of nitrogens with one attached hydrogen (secondary N) is 1. The summed E-state index contributed by atoms with van der Waals surface area (Å²) in [5.74, 6) is -0.269. The second-order valence-electron chi connectivity index (χ2n) is 5.19. The number of hydrogen-bond acceptors (Lipinski definition) is 3. The molecule has 1 fully saturated rings. The number of rotatable bonds is 4. The van der Waals surface area contributed by atoms with E-state index in [4.69, 9.17) is 4.74 Å². The summed E-state index contributed by atoms with van der Waals surface area (Å²) in [4.78, 5) is 22.7. The van der Waals surface area contributed by atoms with Crippen LogP contribution < -0.4 is 5.32 Å². The summed E-state index contributed by atoms with van der Waals surface area (Å²) in [7, 11) is 0. The van der Waals surface area contributed by atoms with Crippen molar-refractivity contribution in [3.8, 4) is 0 Å². The molecule has 3 rings (SSSR count). The fourth-order valence-electron chi connectivity index (χ4n) is 3.08. The largest absolute Gasteiger partial charge is 0.464 e. The van der Waals surface area contributed by atoms with Crippen molar-refractivity contribution in [3.63, 3.8) is 0 Å². The lowest BCUT2D eigenvalue weighted by Crippen LogP contribution is -2.27. The molecule has 5 heteroatoms. The molecule has 1 aromatic rings. The Kier molecular flexibility index (Phi) is 3.26. The molecular formula is C15H14FNO3. The number of halogens is 1. The zero-order chi connectivity index (χ0) is 14.1. The number of ether oxygens (including phenoxy) is 1. The van der Waals surface area contributed by atoms with Crippen LogP contribution in [0.5, 0.6) is 0 Å². The first-order valence-electron chi connectivity index (χ1n) is 6.55. The highest BCUT2D eigenvalue weighted by molar-refractivity contribution is 6.04. The monoisotopic (exact) mass is 275 g/mol. The Bertz CT molecular complexity index is 567. The summed E-state index contributed by atoms with van der Waals surface area (Å²) in [6, 6.07) is 5.62. The molecule has 3 atom stereocenters. The van der Waals surface area contributed by atoms with E-state index < -0.39 is 0 Å². The number of amides is 1. The van der Waals surface area contributed by atoms with Crippen LogP contribution in [0.1, 0.15) is 12.8 Å². The van der Waals surface area contributed by atoms with Gasteiger partial charge in [-0.05, 0) is 43.0 Å². The third-order valence-electron chi connectivity index (χ3n) is 3.95. The van der Waals surface area contributed by atoms with Gasteiger partial charge in [0.2, 0.25) is 0 Å². The van der Waals surface area contributed by atoms with Gasteiger partial charge in [0.15, 0.2) is 0 Å². The van der Waals surface area contributed by atoms with Gasteiger partial charge in [0, 0.05) is 17.2 Å². The fraction of sp³-hybridized carbons (Fsp3) is 0.333. The number of anilines is 1. The highest BCUT2D eigenvalue weighted by Gasteiger charge is 2.44. The molecule has 1 amide bonds. The minimum atomic E-state index is -0.346. The average molecular weight is 275 g/mol. The molecule has 0 spiro atoms. The van der Waals surface area contributed by atoms with Crippen LogP contribution in [-0.2, 0) is 14.3 Å². The number of carbonyl (C=O) groups excluding carboxylic acids is 2. The van der Waals surface area contributed by atoms with Crippen molar-refractivity contribution in [1.29, 1.82) is 0 Å². The Morgan fingerprint density at radius 3 is 2.70 bits per heavy atom. The van der Waals surface area contributed by atoms with Crippen molar-refractivity contribution in [1.82, 2.24) is 0 Å². The Morgan fingerprint density at radius 1 is 1.30 bits per heavy atom. The van der Waals surface area contributed by atoms with E-state index in [1.807, 2.05) is 6.08 Å². The predicted molar refractivity (Wildman–Crippen MR) is 70.3 cm³/mol. The van der Waals surface area contributed by atoms with Gasteiger partial charge in [-0.3, -0.25) is 9.59 Å². The number of allylic oxidation sites excluding steroid dienone is 1. The number of benzene rings is 1. The summed E-state index contributed by atoms with van der Waals surface area (Å²) in [6.07, 6.45) is 3.40. The van der Waals surface area contributed by atoms with Gasteiger partial charge in [-0.15, -0.1) is 0 Å². The topological polar surface area (TPSA) is 55.4 Å². The standard InChI is InChI=1S/C15H14FNO3/c16-10-1-3-11(4-2-10)17-15(19)13-6-9-5-12(13)14(7-9)20-8-18/h1-4,6,8-9,12,14H,5,7H2,(H,17,19). The quantitative estimate of drug-likeness (QED) is 0.858. The zero-order valence-electron chi connectivity index (χ0n) is 10.7. The van der Waals surface area contributed by atoms with Crippen LogP contribution in [0, 0.1) is 17.7 Å². The van der Waals surface area contributed by atoms with Gasteiger partial charge >= 0.3 is 0 Å². The summed E-state index contributed by atoms with van der Waals surface area (Å²) in [5, 5.41) is 2.74. The molecule has 1 aromatic carbocycles. The first-order chi connectivity index (χ1) is 9.67. The van der Waals surface area contributed by atoms with E-state index in [9.17, 15) is 14.0 Å². The molecule has 0 aromatic heterocycles. The molecule has 0 radical (unpaired) electrons. The van der Waals surface area contributed by atoms with Crippen LogP contribution in [0.15, 0.2) is 35.9 Å². The van der Waals surface area contributed by atoms with E-state index in [0.29, 0.717) is 23.7 Å². The minimum Gasteiger partial charge on any atom is -0.464 e. The summed E-state index contributed by atoms with van der Waals surface area (Å²) in [6.45, 7) is 0.445. The molecule has 4 nitrogen and oxygen atoms in total. The number of hydrogen-bond donors (Lipinski definition) is 1. The Balaban J connectivity index is 1.70. The molecule has 2 bridgehead atoms. The molecule has 0 aliphatic heterocycles. The lowest BCUT2D eigenvalue weighted by molar-refractivity contribution is -0.135. The Morgan fingerprint density at radius 2 is 2.05 bits per heavy atom. The minimum absolute atomic E-state index is 0.0225. The van der Waals surface area contributed by atoms with Crippen LogP contribution in [-0.4, -0.2) is 18.5 Å². The van der Waals surface area contributed by atoms with E-state index in [0.717, 1.165) is 12.8 Å². The molecule has 2 aliphatic rings. The maximum atomic E-state index is 12.8. The van der Waals surface area contributed by atoms with Crippen molar-refractivity contribution in [2.45, 2.75) is 18.9 Å². The van der Waals surface area contributed by atoms with E-state index in [-0.39, 0.29) is 23.7 Å². The van der Waals surface area contributed by atoms with Crippen LogP contribution in [0.3, 0.4) is 0 Å². The van der Waals surface area contributed by atoms with Crippen LogP contribution >= 0.6 is 0 Å². The number of fused-ring (bicyclic) bond motifs is 2. The smallest absolute Gasteiger partial charge is 0.293 e. The van der Waals surface area contributed by atoms with Gasteiger partial charge in [0.05, 0.1) is 0 Å². The van der Waals surface area contributed by atoms with Crippen molar-refractivity contribution >= 4 is 18.1 Å². The molecule has 20 heavy (non-hydrogen) atoms. The third kappa shape index (κ3) is 2.31. The normalized spacial score (nSPS) is 27.1. The van der Waals surface area contributed by atoms with Gasteiger partial charge < -0.3 is 10.1 Å². The molecule has 0 heterocycles. The molecule has 104 valence electrons. The van der Waals surface area contributed by atoms with E-state index in [1.54, 1.807) is 0 Å². The second kappa shape index (κ2) is 5.07. The van der Waals surface area contributed by atoms with Crippen LogP contribution in [0.4, 0.5) is 10.1 Å².